The number of para-hydroxylation sites is 1. The molecule has 4 rings (SSSR count). The second kappa shape index (κ2) is 7.25. The molecule has 2 aromatic heterocycles. The van der Waals surface area contributed by atoms with E-state index in [1.807, 2.05) is 73.7 Å². The van der Waals surface area contributed by atoms with Crippen LogP contribution >= 0.6 is 0 Å². The number of rotatable bonds is 5. The van der Waals surface area contributed by atoms with Crippen molar-refractivity contribution < 1.29 is 9.32 Å². The van der Waals surface area contributed by atoms with Crippen molar-refractivity contribution in [2.45, 2.75) is 13.5 Å². The number of nitrogens with zero attached hydrogens (tertiary/aromatic N) is 4. The topological polar surface area (TPSA) is 85.8 Å². The second-order valence-electron chi connectivity index (χ2n) is 6.00. The van der Waals surface area contributed by atoms with Crippen LogP contribution in [-0.2, 0) is 6.54 Å². The summed E-state index contributed by atoms with van der Waals surface area (Å²) >= 11 is 0. The largest absolute Gasteiger partial charge is 0.359 e. The van der Waals surface area contributed by atoms with Crippen LogP contribution in [0.15, 0.2) is 71.3 Å². The Bertz CT molecular complexity index is 1050. The third kappa shape index (κ3) is 3.48. The van der Waals surface area contributed by atoms with Gasteiger partial charge in [0.05, 0.1) is 17.9 Å². The average molecular weight is 359 g/mol. The van der Waals surface area contributed by atoms with E-state index in [2.05, 4.69) is 20.8 Å². The van der Waals surface area contributed by atoms with Crippen LogP contribution in [0.25, 0.3) is 16.9 Å². The van der Waals surface area contributed by atoms with Gasteiger partial charge in [0.15, 0.2) is 11.5 Å². The Morgan fingerprint density at radius 1 is 1.07 bits per heavy atom. The normalized spacial score (nSPS) is 10.7. The highest BCUT2D eigenvalue weighted by Crippen LogP contribution is 2.18. The molecule has 4 aromatic rings. The van der Waals surface area contributed by atoms with Crippen LogP contribution in [0.1, 0.15) is 21.9 Å². The quantitative estimate of drug-likeness (QED) is 0.591. The zero-order valence-electron chi connectivity index (χ0n) is 14.7. The zero-order valence-corrected chi connectivity index (χ0v) is 14.7. The molecule has 0 unspecified atom stereocenters. The highest BCUT2D eigenvalue weighted by atomic mass is 16.5. The lowest BCUT2D eigenvalue weighted by molar-refractivity contribution is 0.0941. The molecule has 0 spiro atoms. The van der Waals surface area contributed by atoms with Crippen LogP contribution < -0.4 is 5.32 Å². The van der Waals surface area contributed by atoms with Gasteiger partial charge in [0.1, 0.15) is 5.69 Å². The lowest BCUT2D eigenvalue weighted by atomic mass is 10.1. The van der Waals surface area contributed by atoms with Crippen LogP contribution in [0.4, 0.5) is 0 Å². The Labute approximate surface area is 155 Å². The van der Waals surface area contributed by atoms with E-state index in [9.17, 15) is 4.79 Å². The van der Waals surface area contributed by atoms with Crippen molar-refractivity contribution in [3.05, 3.63) is 83.9 Å². The maximum absolute atomic E-state index is 12.5. The highest BCUT2D eigenvalue weighted by molar-refractivity contribution is 5.93. The van der Waals surface area contributed by atoms with Gasteiger partial charge in [0.2, 0.25) is 0 Å². The number of amides is 1. The minimum absolute atomic E-state index is 0.219. The second-order valence-corrected chi connectivity index (χ2v) is 6.00. The molecule has 0 aliphatic rings. The van der Waals surface area contributed by atoms with Crippen LogP contribution in [-0.4, -0.2) is 26.1 Å². The van der Waals surface area contributed by atoms with Gasteiger partial charge in [-0.3, -0.25) is 4.79 Å². The lowest BCUT2D eigenvalue weighted by Crippen LogP contribution is -2.23. The molecule has 1 amide bonds. The van der Waals surface area contributed by atoms with Crippen molar-refractivity contribution >= 4 is 5.91 Å². The SMILES string of the molecule is Cc1c(C(=O)NCc2cc(-c3ccccc3)no2)nnn1-c1ccccc1. The van der Waals surface area contributed by atoms with Gasteiger partial charge in [0, 0.05) is 11.6 Å². The molecule has 0 aliphatic heterocycles. The number of carbonyl (C=O) groups excluding carboxylic acids is 1. The summed E-state index contributed by atoms with van der Waals surface area (Å²) in [5.74, 6) is 0.252. The summed E-state index contributed by atoms with van der Waals surface area (Å²) in [6, 6.07) is 21.1. The van der Waals surface area contributed by atoms with Gasteiger partial charge >= 0.3 is 0 Å². The number of benzene rings is 2. The summed E-state index contributed by atoms with van der Waals surface area (Å²) in [5.41, 5.74) is 3.48. The summed E-state index contributed by atoms with van der Waals surface area (Å²) in [5, 5.41) is 14.9. The Balaban J connectivity index is 1.45. The number of nitrogens with one attached hydrogen (secondary N) is 1. The number of hydrogen-bond acceptors (Lipinski definition) is 5. The number of hydrogen-bond donors (Lipinski definition) is 1. The van der Waals surface area contributed by atoms with Crippen molar-refractivity contribution in [3.8, 4) is 16.9 Å². The fraction of sp³-hybridized carbons (Fsp3) is 0.100. The zero-order chi connectivity index (χ0) is 18.6. The summed E-state index contributed by atoms with van der Waals surface area (Å²) in [4.78, 5) is 12.5. The molecule has 134 valence electrons. The maximum Gasteiger partial charge on any atom is 0.274 e. The molecule has 0 saturated carbocycles. The summed E-state index contributed by atoms with van der Waals surface area (Å²) < 4.78 is 6.94. The van der Waals surface area contributed by atoms with Gasteiger partial charge in [-0.2, -0.15) is 0 Å². The smallest absolute Gasteiger partial charge is 0.274 e. The molecule has 2 aromatic carbocycles. The van der Waals surface area contributed by atoms with E-state index in [0.717, 1.165) is 16.9 Å². The molecule has 0 bridgehead atoms. The summed E-state index contributed by atoms with van der Waals surface area (Å²) in [7, 11) is 0. The van der Waals surface area contributed by atoms with Gasteiger partial charge in [-0.05, 0) is 19.1 Å². The van der Waals surface area contributed by atoms with Crippen LogP contribution in [0, 0.1) is 6.92 Å². The minimum Gasteiger partial charge on any atom is -0.359 e. The van der Waals surface area contributed by atoms with Gasteiger partial charge in [-0.1, -0.05) is 58.9 Å². The standard InChI is InChI=1S/C20H17N5O2/c1-14-19(22-24-25(14)16-10-6-3-7-11-16)20(26)21-13-17-12-18(23-27-17)15-8-4-2-5-9-15/h2-12H,13H2,1H3,(H,21,26). The van der Waals surface area contributed by atoms with E-state index < -0.39 is 0 Å². The number of carbonyl (C=O) groups is 1. The first-order valence-corrected chi connectivity index (χ1v) is 8.49. The van der Waals surface area contributed by atoms with Crippen molar-refractivity contribution in [1.82, 2.24) is 25.5 Å². The monoisotopic (exact) mass is 359 g/mol. The maximum atomic E-state index is 12.5. The molecule has 1 N–H and O–H groups in total. The van der Waals surface area contributed by atoms with Gasteiger partial charge in [0.25, 0.3) is 5.91 Å². The Hall–Kier alpha value is -3.74. The minimum atomic E-state index is -0.313. The van der Waals surface area contributed by atoms with Crippen molar-refractivity contribution in [2.75, 3.05) is 0 Å². The van der Waals surface area contributed by atoms with E-state index in [1.165, 1.54) is 0 Å². The first kappa shape index (κ1) is 16.7. The van der Waals surface area contributed by atoms with Crippen molar-refractivity contribution in [1.29, 1.82) is 0 Å². The van der Waals surface area contributed by atoms with Crippen LogP contribution in [0.2, 0.25) is 0 Å². The molecule has 0 atom stereocenters. The first-order chi connectivity index (χ1) is 13.2. The predicted molar refractivity (Wildman–Crippen MR) is 99.2 cm³/mol. The summed E-state index contributed by atoms with van der Waals surface area (Å²) in [6.07, 6.45) is 0. The molecular weight excluding hydrogens is 342 g/mol. The molecular formula is C20H17N5O2. The van der Waals surface area contributed by atoms with E-state index >= 15 is 0 Å². The molecule has 7 heteroatoms. The molecule has 0 radical (unpaired) electrons. The van der Waals surface area contributed by atoms with Crippen molar-refractivity contribution in [3.63, 3.8) is 0 Å². The van der Waals surface area contributed by atoms with E-state index in [-0.39, 0.29) is 18.1 Å². The third-order valence-corrected chi connectivity index (χ3v) is 4.16. The molecule has 0 saturated heterocycles. The van der Waals surface area contributed by atoms with Crippen LogP contribution in [0.3, 0.4) is 0 Å². The fourth-order valence-corrected chi connectivity index (χ4v) is 2.75. The Kier molecular flexibility index (Phi) is 4.49. The van der Waals surface area contributed by atoms with Gasteiger partial charge in [-0.25, -0.2) is 4.68 Å². The highest BCUT2D eigenvalue weighted by Gasteiger charge is 2.17. The van der Waals surface area contributed by atoms with Gasteiger partial charge in [-0.15, -0.1) is 5.10 Å². The lowest BCUT2D eigenvalue weighted by Gasteiger charge is -2.03. The third-order valence-electron chi connectivity index (χ3n) is 4.16. The predicted octanol–water partition coefficient (Wildman–Crippen LogP) is 3.16. The van der Waals surface area contributed by atoms with Gasteiger partial charge < -0.3 is 9.84 Å². The molecule has 0 aliphatic carbocycles. The van der Waals surface area contributed by atoms with E-state index in [0.29, 0.717) is 11.5 Å². The average Bonchev–Trinajstić information content (AvgIpc) is 3.34. The van der Waals surface area contributed by atoms with E-state index in [1.54, 1.807) is 4.68 Å². The molecule has 0 fully saturated rings. The molecule has 7 nitrogen and oxygen atoms in total. The van der Waals surface area contributed by atoms with Crippen molar-refractivity contribution in [2.24, 2.45) is 0 Å². The Morgan fingerprint density at radius 3 is 2.52 bits per heavy atom. The molecule has 27 heavy (non-hydrogen) atoms. The fourth-order valence-electron chi connectivity index (χ4n) is 2.75. The Morgan fingerprint density at radius 2 is 1.78 bits per heavy atom. The number of aromatic nitrogens is 4. The first-order valence-electron chi connectivity index (χ1n) is 8.49. The van der Waals surface area contributed by atoms with E-state index in [4.69, 9.17) is 4.52 Å². The summed E-state index contributed by atoms with van der Waals surface area (Å²) in [6.45, 7) is 2.03. The molecule has 2 heterocycles. The van der Waals surface area contributed by atoms with Crippen LogP contribution in [0.5, 0.6) is 0 Å².